The van der Waals surface area contributed by atoms with Gasteiger partial charge in [0.2, 0.25) is 0 Å². The van der Waals surface area contributed by atoms with Gasteiger partial charge in [-0.25, -0.2) is 0 Å². The van der Waals surface area contributed by atoms with Gasteiger partial charge in [0.05, 0.1) is 11.2 Å². The quantitative estimate of drug-likeness (QED) is 0.911. The van der Waals surface area contributed by atoms with E-state index in [-0.39, 0.29) is 5.54 Å². The van der Waals surface area contributed by atoms with Gasteiger partial charge in [-0.2, -0.15) is 5.10 Å². The first-order valence-electron chi connectivity index (χ1n) is 7.69. The maximum atomic E-state index is 6.75. The summed E-state index contributed by atoms with van der Waals surface area (Å²) in [5, 5.41) is 5.97. The van der Waals surface area contributed by atoms with Gasteiger partial charge in [0.15, 0.2) is 0 Å². The predicted octanol–water partition coefficient (Wildman–Crippen LogP) is 3.27. The monoisotopic (exact) mass is 271 g/mol. The summed E-state index contributed by atoms with van der Waals surface area (Å²) in [4.78, 5) is 0. The summed E-state index contributed by atoms with van der Waals surface area (Å²) < 4.78 is 1.98. The van der Waals surface area contributed by atoms with Gasteiger partial charge in [0.25, 0.3) is 0 Å². The highest BCUT2D eigenvalue weighted by atomic mass is 15.3. The highest BCUT2D eigenvalue weighted by molar-refractivity contribution is 5.82. The first-order chi connectivity index (χ1) is 9.49. The van der Waals surface area contributed by atoms with Crippen LogP contribution in [0.2, 0.25) is 0 Å². The number of aromatic nitrogens is 2. The lowest BCUT2D eigenvalue weighted by molar-refractivity contribution is 0.162. The smallest absolute Gasteiger partial charge is 0.0721 e. The van der Waals surface area contributed by atoms with Crippen molar-refractivity contribution in [3.8, 4) is 0 Å². The molecule has 1 saturated carbocycles. The van der Waals surface area contributed by atoms with Gasteiger partial charge in [0, 0.05) is 24.4 Å². The van der Waals surface area contributed by atoms with Crippen LogP contribution in [0.4, 0.5) is 0 Å². The van der Waals surface area contributed by atoms with Crippen molar-refractivity contribution in [2.45, 2.75) is 45.1 Å². The van der Waals surface area contributed by atoms with Crippen molar-refractivity contribution in [2.24, 2.45) is 24.6 Å². The Morgan fingerprint density at radius 2 is 2.10 bits per heavy atom. The Morgan fingerprint density at radius 1 is 1.35 bits per heavy atom. The molecule has 0 amide bonds. The number of benzene rings is 1. The number of aryl methyl sites for hydroxylation is 1. The molecule has 1 aromatic heterocycles. The van der Waals surface area contributed by atoms with Crippen LogP contribution in [-0.2, 0) is 13.5 Å². The molecule has 0 radical (unpaired) electrons. The minimum atomic E-state index is -0.0936. The van der Waals surface area contributed by atoms with Crippen LogP contribution in [0.5, 0.6) is 0 Å². The van der Waals surface area contributed by atoms with Crippen LogP contribution < -0.4 is 5.73 Å². The van der Waals surface area contributed by atoms with Crippen LogP contribution in [0.15, 0.2) is 24.3 Å². The second-order valence-corrected chi connectivity index (χ2v) is 6.78. The molecule has 3 atom stereocenters. The molecular weight excluding hydrogens is 246 g/mol. The number of rotatable bonds is 2. The van der Waals surface area contributed by atoms with Crippen LogP contribution in [0.25, 0.3) is 10.9 Å². The summed E-state index contributed by atoms with van der Waals surface area (Å²) in [6, 6.07) is 8.44. The summed E-state index contributed by atoms with van der Waals surface area (Å²) in [5.41, 5.74) is 9.01. The summed E-state index contributed by atoms with van der Waals surface area (Å²) in [7, 11) is 2.02. The van der Waals surface area contributed by atoms with Crippen LogP contribution in [0.1, 0.15) is 38.8 Å². The molecule has 3 heteroatoms. The molecule has 1 aliphatic carbocycles. The molecular formula is C17H25N3. The zero-order valence-electron chi connectivity index (χ0n) is 12.8. The van der Waals surface area contributed by atoms with E-state index in [1.54, 1.807) is 0 Å². The molecule has 108 valence electrons. The Bertz CT molecular complexity index is 616. The van der Waals surface area contributed by atoms with Gasteiger partial charge >= 0.3 is 0 Å². The number of hydrogen-bond donors (Lipinski definition) is 1. The van der Waals surface area contributed by atoms with E-state index in [2.05, 4.69) is 38.1 Å². The second kappa shape index (κ2) is 4.88. The third-order valence-electron chi connectivity index (χ3n) is 5.17. The van der Waals surface area contributed by atoms with E-state index in [0.717, 1.165) is 24.5 Å². The standard InChI is InChI=1S/C17H25N3/c1-12-8-9-17(18,13(2)10-12)11-15-14-6-4-5-7-16(14)20(3)19-15/h4-7,12-13H,8-11,18H2,1-3H3. The Labute approximate surface area is 121 Å². The van der Waals surface area contributed by atoms with E-state index < -0.39 is 0 Å². The number of nitrogens with two attached hydrogens (primary N) is 1. The lowest BCUT2D eigenvalue weighted by Gasteiger charge is -2.41. The van der Waals surface area contributed by atoms with Crippen molar-refractivity contribution in [2.75, 3.05) is 0 Å². The van der Waals surface area contributed by atoms with Gasteiger partial charge in [-0.15, -0.1) is 0 Å². The SMILES string of the molecule is CC1CCC(N)(Cc2nn(C)c3ccccc23)C(C)C1. The first-order valence-corrected chi connectivity index (χ1v) is 7.69. The lowest BCUT2D eigenvalue weighted by Crippen LogP contribution is -2.51. The zero-order valence-corrected chi connectivity index (χ0v) is 12.8. The van der Waals surface area contributed by atoms with Crippen molar-refractivity contribution >= 4 is 10.9 Å². The average Bonchev–Trinajstić information content (AvgIpc) is 2.72. The third-order valence-corrected chi connectivity index (χ3v) is 5.17. The molecule has 1 fully saturated rings. The van der Waals surface area contributed by atoms with E-state index in [0.29, 0.717) is 5.92 Å². The van der Waals surface area contributed by atoms with Gasteiger partial charge in [-0.3, -0.25) is 4.68 Å². The Hall–Kier alpha value is -1.35. The Kier molecular flexibility index (Phi) is 3.33. The molecule has 1 aliphatic rings. The van der Waals surface area contributed by atoms with Gasteiger partial charge in [-0.05, 0) is 37.2 Å². The maximum absolute atomic E-state index is 6.75. The topological polar surface area (TPSA) is 43.8 Å². The fourth-order valence-corrected chi connectivity index (χ4v) is 3.71. The minimum absolute atomic E-state index is 0.0936. The number of fused-ring (bicyclic) bond motifs is 1. The van der Waals surface area contributed by atoms with E-state index in [9.17, 15) is 0 Å². The van der Waals surface area contributed by atoms with Crippen molar-refractivity contribution in [1.82, 2.24) is 9.78 Å². The summed E-state index contributed by atoms with van der Waals surface area (Å²) in [5.74, 6) is 1.37. The molecule has 20 heavy (non-hydrogen) atoms. The molecule has 2 N–H and O–H groups in total. The molecule has 3 nitrogen and oxygen atoms in total. The van der Waals surface area contributed by atoms with Gasteiger partial charge in [0.1, 0.15) is 0 Å². The van der Waals surface area contributed by atoms with Crippen LogP contribution in [0.3, 0.4) is 0 Å². The molecule has 3 rings (SSSR count). The average molecular weight is 271 g/mol. The van der Waals surface area contributed by atoms with Gasteiger partial charge in [-0.1, -0.05) is 32.0 Å². The van der Waals surface area contributed by atoms with E-state index in [4.69, 9.17) is 10.8 Å². The highest BCUT2D eigenvalue weighted by Gasteiger charge is 2.37. The molecule has 1 heterocycles. The van der Waals surface area contributed by atoms with Crippen LogP contribution in [-0.4, -0.2) is 15.3 Å². The van der Waals surface area contributed by atoms with Gasteiger partial charge < -0.3 is 5.73 Å². The van der Waals surface area contributed by atoms with Crippen molar-refractivity contribution in [3.05, 3.63) is 30.0 Å². The molecule has 0 bridgehead atoms. The molecule has 0 aliphatic heterocycles. The molecule has 0 spiro atoms. The maximum Gasteiger partial charge on any atom is 0.0721 e. The Balaban J connectivity index is 1.93. The first kappa shape index (κ1) is 13.6. The van der Waals surface area contributed by atoms with Crippen LogP contribution >= 0.6 is 0 Å². The van der Waals surface area contributed by atoms with E-state index in [1.807, 2.05) is 11.7 Å². The fourth-order valence-electron chi connectivity index (χ4n) is 3.71. The molecule has 1 aromatic carbocycles. The van der Waals surface area contributed by atoms with E-state index in [1.165, 1.54) is 23.7 Å². The second-order valence-electron chi connectivity index (χ2n) is 6.78. The minimum Gasteiger partial charge on any atom is -0.325 e. The third kappa shape index (κ3) is 2.24. The number of hydrogen-bond acceptors (Lipinski definition) is 2. The normalized spacial score (nSPS) is 30.8. The lowest BCUT2D eigenvalue weighted by atomic mass is 9.68. The van der Waals surface area contributed by atoms with Crippen molar-refractivity contribution in [1.29, 1.82) is 0 Å². The fraction of sp³-hybridized carbons (Fsp3) is 0.588. The predicted molar refractivity (Wildman–Crippen MR) is 83.5 cm³/mol. The van der Waals surface area contributed by atoms with Crippen molar-refractivity contribution < 1.29 is 0 Å². The molecule has 3 unspecified atom stereocenters. The highest BCUT2D eigenvalue weighted by Crippen LogP contribution is 2.37. The number of nitrogens with zero attached hydrogens (tertiary/aromatic N) is 2. The van der Waals surface area contributed by atoms with Crippen LogP contribution in [0, 0.1) is 11.8 Å². The Morgan fingerprint density at radius 3 is 2.85 bits per heavy atom. The number of para-hydroxylation sites is 1. The summed E-state index contributed by atoms with van der Waals surface area (Å²) >= 11 is 0. The van der Waals surface area contributed by atoms with E-state index >= 15 is 0 Å². The summed E-state index contributed by atoms with van der Waals surface area (Å²) in [6.45, 7) is 4.65. The zero-order chi connectivity index (χ0) is 14.3. The summed E-state index contributed by atoms with van der Waals surface area (Å²) in [6.07, 6.45) is 4.48. The molecule has 2 aromatic rings. The van der Waals surface area contributed by atoms with Crippen molar-refractivity contribution in [3.63, 3.8) is 0 Å². The largest absolute Gasteiger partial charge is 0.325 e. The molecule has 0 saturated heterocycles.